The zero-order valence-electron chi connectivity index (χ0n) is 17.7. The average Bonchev–Trinajstić information content (AvgIpc) is 2.70. The maximum Gasteiger partial charge on any atom is 0.242 e. The molecule has 4 nitrogen and oxygen atoms in total. The molecule has 0 fully saturated rings. The quantitative estimate of drug-likeness (QED) is 0.633. The molecule has 29 heavy (non-hydrogen) atoms. The van der Waals surface area contributed by atoms with E-state index in [1.165, 1.54) is 0 Å². The lowest BCUT2D eigenvalue weighted by atomic mass is 10.1. The van der Waals surface area contributed by atoms with E-state index in [1.807, 2.05) is 69.3 Å². The van der Waals surface area contributed by atoms with Gasteiger partial charge in [0.2, 0.25) is 11.8 Å². The molecule has 5 heteroatoms. The highest BCUT2D eigenvalue weighted by atomic mass is 35.5. The molecule has 0 aliphatic carbocycles. The lowest BCUT2D eigenvalue weighted by Gasteiger charge is -2.30. The molecule has 0 unspecified atom stereocenters. The van der Waals surface area contributed by atoms with E-state index in [2.05, 4.69) is 5.32 Å². The van der Waals surface area contributed by atoms with E-state index >= 15 is 0 Å². The van der Waals surface area contributed by atoms with Crippen molar-refractivity contribution < 1.29 is 9.59 Å². The fourth-order valence-electron chi connectivity index (χ4n) is 3.14. The molecule has 0 saturated heterocycles. The van der Waals surface area contributed by atoms with Crippen molar-refractivity contribution in [2.45, 2.75) is 65.6 Å². The Kier molecular flexibility index (Phi) is 8.71. The third kappa shape index (κ3) is 6.90. The van der Waals surface area contributed by atoms with Crippen molar-refractivity contribution in [2.24, 2.45) is 0 Å². The highest BCUT2D eigenvalue weighted by Crippen LogP contribution is 2.19. The largest absolute Gasteiger partial charge is 0.352 e. The third-order valence-electron chi connectivity index (χ3n) is 5.17. The highest BCUT2D eigenvalue weighted by molar-refractivity contribution is 6.31. The van der Waals surface area contributed by atoms with Crippen LogP contribution in [0.15, 0.2) is 48.5 Å². The number of halogens is 1. The maximum absolute atomic E-state index is 13.1. The Morgan fingerprint density at radius 3 is 2.48 bits per heavy atom. The first-order valence-corrected chi connectivity index (χ1v) is 10.6. The van der Waals surface area contributed by atoms with Crippen LogP contribution in [-0.2, 0) is 22.6 Å². The Morgan fingerprint density at radius 2 is 1.83 bits per heavy atom. The van der Waals surface area contributed by atoms with Gasteiger partial charge in [-0.3, -0.25) is 9.59 Å². The van der Waals surface area contributed by atoms with Crippen LogP contribution >= 0.6 is 11.6 Å². The van der Waals surface area contributed by atoms with Crippen LogP contribution in [0.5, 0.6) is 0 Å². The molecule has 2 rings (SSSR count). The van der Waals surface area contributed by atoms with E-state index in [0.29, 0.717) is 24.4 Å². The molecule has 2 amide bonds. The molecule has 0 heterocycles. The number of hydrogen-bond donors (Lipinski definition) is 1. The van der Waals surface area contributed by atoms with Crippen molar-refractivity contribution in [3.63, 3.8) is 0 Å². The summed E-state index contributed by atoms with van der Waals surface area (Å²) in [5.41, 5.74) is 3.08. The molecule has 2 aromatic rings. The SMILES string of the molecule is CC[C@@H](C)NC(=O)[C@@H](C)N(Cc1cccc(C)c1)C(=O)CCc1ccccc1Cl. The van der Waals surface area contributed by atoms with E-state index in [9.17, 15) is 9.59 Å². The minimum absolute atomic E-state index is 0.0572. The molecular formula is C24H31ClN2O2. The van der Waals surface area contributed by atoms with Crippen LogP contribution in [0.2, 0.25) is 5.02 Å². The smallest absolute Gasteiger partial charge is 0.242 e. The van der Waals surface area contributed by atoms with Gasteiger partial charge in [0.15, 0.2) is 0 Å². The minimum atomic E-state index is -0.553. The lowest BCUT2D eigenvalue weighted by Crippen LogP contribution is -2.49. The highest BCUT2D eigenvalue weighted by Gasteiger charge is 2.26. The molecule has 0 aliphatic heterocycles. The van der Waals surface area contributed by atoms with Gasteiger partial charge >= 0.3 is 0 Å². The topological polar surface area (TPSA) is 49.4 Å². The second kappa shape index (κ2) is 11.0. The molecule has 2 aromatic carbocycles. The standard InChI is InChI=1S/C24H31ClN2O2/c1-5-18(3)26-24(29)19(4)27(16-20-10-8-9-17(2)15-20)23(28)14-13-21-11-6-7-12-22(21)25/h6-12,15,18-19H,5,13-14,16H2,1-4H3,(H,26,29)/t18-,19-/m1/s1. The normalized spacial score (nSPS) is 12.9. The van der Waals surface area contributed by atoms with Crippen molar-refractivity contribution in [1.29, 1.82) is 0 Å². The predicted octanol–water partition coefficient (Wildman–Crippen LogP) is 4.91. The lowest BCUT2D eigenvalue weighted by molar-refractivity contribution is -0.140. The second-order valence-electron chi connectivity index (χ2n) is 7.60. The number of hydrogen-bond acceptors (Lipinski definition) is 2. The van der Waals surface area contributed by atoms with Crippen LogP contribution in [-0.4, -0.2) is 28.8 Å². The van der Waals surface area contributed by atoms with E-state index in [-0.39, 0.29) is 17.9 Å². The maximum atomic E-state index is 13.1. The summed E-state index contributed by atoms with van der Waals surface area (Å²) in [5, 5.41) is 3.65. The predicted molar refractivity (Wildman–Crippen MR) is 119 cm³/mol. The molecule has 0 aromatic heterocycles. The van der Waals surface area contributed by atoms with Crippen molar-refractivity contribution >= 4 is 23.4 Å². The summed E-state index contributed by atoms with van der Waals surface area (Å²) in [6.45, 7) is 8.20. The van der Waals surface area contributed by atoms with Crippen molar-refractivity contribution in [1.82, 2.24) is 10.2 Å². The molecule has 0 spiro atoms. The van der Waals surface area contributed by atoms with Gasteiger partial charge in [-0.15, -0.1) is 0 Å². The summed E-state index contributed by atoms with van der Waals surface area (Å²) < 4.78 is 0. The molecule has 0 bridgehead atoms. The molecule has 1 N–H and O–H groups in total. The van der Waals surface area contributed by atoms with Crippen LogP contribution in [0.1, 0.15) is 50.3 Å². The fourth-order valence-corrected chi connectivity index (χ4v) is 3.37. The van der Waals surface area contributed by atoms with E-state index in [0.717, 1.165) is 23.1 Å². The summed E-state index contributed by atoms with van der Waals surface area (Å²) in [6.07, 6.45) is 1.69. The Labute approximate surface area is 179 Å². The Bertz CT molecular complexity index is 837. The van der Waals surface area contributed by atoms with Crippen LogP contribution < -0.4 is 5.32 Å². The third-order valence-corrected chi connectivity index (χ3v) is 5.54. The fraction of sp³-hybridized carbons (Fsp3) is 0.417. The van der Waals surface area contributed by atoms with Gasteiger partial charge in [0.25, 0.3) is 0 Å². The number of carbonyl (C=O) groups is 2. The van der Waals surface area contributed by atoms with Crippen molar-refractivity contribution in [2.75, 3.05) is 0 Å². The summed E-state index contributed by atoms with van der Waals surface area (Å²) in [6, 6.07) is 15.1. The van der Waals surface area contributed by atoms with Crippen LogP contribution in [0.4, 0.5) is 0 Å². The first-order valence-electron chi connectivity index (χ1n) is 10.2. The number of carbonyl (C=O) groups excluding carboxylic acids is 2. The van der Waals surface area contributed by atoms with Gasteiger partial charge in [0, 0.05) is 24.0 Å². The summed E-state index contributed by atoms with van der Waals surface area (Å²) in [4.78, 5) is 27.5. The van der Waals surface area contributed by atoms with Crippen LogP contribution in [0.25, 0.3) is 0 Å². The van der Waals surface area contributed by atoms with E-state index in [1.54, 1.807) is 11.8 Å². The number of benzene rings is 2. The van der Waals surface area contributed by atoms with Gasteiger partial charge < -0.3 is 10.2 Å². The number of rotatable bonds is 9. The van der Waals surface area contributed by atoms with Gasteiger partial charge in [0.1, 0.15) is 6.04 Å². The number of amides is 2. The molecule has 0 aliphatic rings. The minimum Gasteiger partial charge on any atom is -0.352 e. The molecular weight excluding hydrogens is 384 g/mol. The summed E-state index contributed by atoms with van der Waals surface area (Å²) >= 11 is 6.23. The Morgan fingerprint density at radius 1 is 1.10 bits per heavy atom. The van der Waals surface area contributed by atoms with Gasteiger partial charge in [-0.05, 0) is 50.8 Å². The molecule has 0 radical (unpaired) electrons. The van der Waals surface area contributed by atoms with Gasteiger partial charge in [-0.2, -0.15) is 0 Å². The first kappa shape index (κ1) is 23.0. The molecule has 0 saturated carbocycles. The Balaban J connectivity index is 2.17. The molecule has 2 atom stereocenters. The van der Waals surface area contributed by atoms with Crippen molar-refractivity contribution in [3.8, 4) is 0 Å². The van der Waals surface area contributed by atoms with E-state index in [4.69, 9.17) is 11.6 Å². The van der Waals surface area contributed by atoms with E-state index < -0.39 is 6.04 Å². The summed E-state index contributed by atoms with van der Waals surface area (Å²) in [7, 11) is 0. The monoisotopic (exact) mass is 414 g/mol. The van der Waals surface area contributed by atoms with Gasteiger partial charge in [0.05, 0.1) is 0 Å². The average molecular weight is 415 g/mol. The zero-order valence-corrected chi connectivity index (χ0v) is 18.5. The van der Waals surface area contributed by atoms with Crippen molar-refractivity contribution in [3.05, 3.63) is 70.2 Å². The number of aryl methyl sites for hydroxylation is 2. The van der Waals surface area contributed by atoms with Crippen LogP contribution in [0.3, 0.4) is 0 Å². The first-order chi connectivity index (χ1) is 13.8. The van der Waals surface area contributed by atoms with Gasteiger partial charge in [-0.25, -0.2) is 0 Å². The molecule has 156 valence electrons. The van der Waals surface area contributed by atoms with Gasteiger partial charge in [-0.1, -0.05) is 66.6 Å². The summed E-state index contributed by atoms with van der Waals surface area (Å²) in [5.74, 6) is -0.184. The Hall–Kier alpha value is -2.33. The second-order valence-corrected chi connectivity index (χ2v) is 8.00. The number of nitrogens with one attached hydrogen (secondary N) is 1. The van der Waals surface area contributed by atoms with Crippen LogP contribution in [0, 0.1) is 6.92 Å². The number of nitrogens with zero attached hydrogens (tertiary/aromatic N) is 1. The zero-order chi connectivity index (χ0) is 21.4.